The number of thiazole rings is 1. The molecule has 1 aromatic carbocycles. The molecule has 0 aliphatic rings. The van der Waals surface area contributed by atoms with Crippen molar-refractivity contribution in [2.45, 2.75) is 39.4 Å². The first-order valence-corrected chi connectivity index (χ1v) is 10.0. The lowest BCUT2D eigenvalue weighted by molar-refractivity contribution is -0.0498. The van der Waals surface area contributed by atoms with Crippen LogP contribution in [0.15, 0.2) is 34.6 Å². The topological polar surface area (TPSA) is 78.8 Å². The van der Waals surface area contributed by atoms with E-state index in [0.717, 1.165) is 30.1 Å². The molecule has 0 bridgehead atoms. The fourth-order valence-electron chi connectivity index (χ4n) is 2.46. The predicted octanol–water partition coefficient (Wildman–Crippen LogP) is 3.27. The zero-order valence-electron chi connectivity index (χ0n) is 16.0. The molecule has 2 rings (SSSR count). The number of aliphatic hydroxyl groups excluding tert-OH is 1. The van der Waals surface area contributed by atoms with Crippen LogP contribution in [0.1, 0.15) is 35.7 Å². The average molecular weight is 413 g/mol. The first-order chi connectivity index (χ1) is 13.5. The number of hydrogen-bond donors (Lipinski definition) is 3. The van der Waals surface area contributed by atoms with Crippen LogP contribution in [0.2, 0.25) is 0 Å². The number of alkyl halides is 2. The van der Waals surface area contributed by atoms with E-state index in [1.165, 1.54) is 12.1 Å². The van der Waals surface area contributed by atoms with Crippen LogP contribution in [-0.2, 0) is 6.42 Å². The average Bonchev–Trinajstić information content (AvgIpc) is 3.08. The maximum absolute atomic E-state index is 12.2. The van der Waals surface area contributed by atoms with Crippen molar-refractivity contribution in [1.29, 1.82) is 0 Å². The van der Waals surface area contributed by atoms with Crippen molar-refractivity contribution < 1.29 is 18.6 Å². The lowest BCUT2D eigenvalue weighted by Crippen LogP contribution is -2.38. The van der Waals surface area contributed by atoms with Gasteiger partial charge in [0.2, 0.25) is 0 Å². The lowest BCUT2D eigenvalue weighted by Gasteiger charge is -2.13. The molecule has 1 heterocycles. The molecule has 9 heteroatoms. The van der Waals surface area contributed by atoms with E-state index in [9.17, 15) is 13.9 Å². The van der Waals surface area contributed by atoms with Crippen LogP contribution in [0, 0.1) is 6.92 Å². The summed E-state index contributed by atoms with van der Waals surface area (Å²) in [4.78, 5) is 8.83. The second-order valence-electron chi connectivity index (χ2n) is 6.10. The third kappa shape index (κ3) is 7.77. The summed E-state index contributed by atoms with van der Waals surface area (Å²) < 4.78 is 28.7. The highest BCUT2D eigenvalue weighted by molar-refractivity contribution is 7.09. The summed E-state index contributed by atoms with van der Waals surface area (Å²) in [6, 6.07) is 5.90. The summed E-state index contributed by atoms with van der Waals surface area (Å²) in [5, 5.41) is 19.8. The minimum absolute atomic E-state index is 0.0554. The van der Waals surface area contributed by atoms with Crippen LogP contribution < -0.4 is 15.4 Å². The molecule has 28 heavy (non-hydrogen) atoms. The van der Waals surface area contributed by atoms with Crippen molar-refractivity contribution in [1.82, 2.24) is 15.6 Å². The number of halogens is 2. The fraction of sp³-hybridized carbons (Fsp3) is 0.474. The molecule has 0 fully saturated rings. The molecule has 0 saturated carbocycles. The normalized spacial score (nSPS) is 12.9. The van der Waals surface area contributed by atoms with Gasteiger partial charge in [0.05, 0.1) is 17.7 Å². The molecule has 0 radical (unpaired) electrons. The third-order valence-electron chi connectivity index (χ3n) is 3.78. The molecule has 0 aliphatic carbocycles. The lowest BCUT2D eigenvalue weighted by atomic mass is 10.1. The Morgan fingerprint density at radius 1 is 1.29 bits per heavy atom. The van der Waals surface area contributed by atoms with Crippen LogP contribution in [0.5, 0.6) is 5.75 Å². The van der Waals surface area contributed by atoms with Crippen molar-refractivity contribution in [3.63, 3.8) is 0 Å². The molecule has 0 spiro atoms. The fourth-order valence-corrected chi connectivity index (χ4v) is 3.28. The third-order valence-corrected chi connectivity index (χ3v) is 4.81. The van der Waals surface area contributed by atoms with E-state index in [2.05, 4.69) is 25.3 Å². The summed E-state index contributed by atoms with van der Waals surface area (Å²) in [7, 11) is 0. The van der Waals surface area contributed by atoms with E-state index in [1.54, 1.807) is 23.5 Å². The molecule has 1 atom stereocenters. The number of aromatic nitrogens is 1. The highest BCUT2D eigenvalue weighted by Crippen LogP contribution is 2.19. The van der Waals surface area contributed by atoms with Gasteiger partial charge < -0.3 is 20.5 Å². The highest BCUT2D eigenvalue weighted by Gasteiger charge is 2.09. The van der Waals surface area contributed by atoms with E-state index in [0.29, 0.717) is 18.1 Å². The Hall–Kier alpha value is -2.26. The van der Waals surface area contributed by atoms with E-state index in [1.807, 2.05) is 19.2 Å². The number of aliphatic hydroxyl groups is 1. The smallest absolute Gasteiger partial charge is 0.387 e. The van der Waals surface area contributed by atoms with E-state index in [4.69, 9.17) is 0 Å². The zero-order valence-corrected chi connectivity index (χ0v) is 16.8. The second-order valence-corrected chi connectivity index (χ2v) is 7.04. The van der Waals surface area contributed by atoms with Crippen LogP contribution in [0.25, 0.3) is 0 Å². The van der Waals surface area contributed by atoms with E-state index < -0.39 is 12.7 Å². The number of benzene rings is 1. The van der Waals surface area contributed by atoms with Gasteiger partial charge in [-0.3, -0.25) is 4.99 Å². The van der Waals surface area contributed by atoms with Crippen molar-refractivity contribution >= 4 is 17.3 Å². The summed E-state index contributed by atoms with van der Waals surface area (Å²) in [6.45, 7) is 2.67. The Morgan fingerprint density at radius 2 is 2.04 bits per heavy atom. The molecule has 0 aliphatic heterocycles. The van der Waals surface area contributed by atoms with E-state index >= 15 is 0 Å². The number of hydrogen-bond acceptors (Lipinski definition) is 5. The number of aliphatic imine (C=N–C) groups is 1. The summed E-state index contributed by atoms with van der Waals surface area (Å²) in [6.07, 6.45) is 0.987. The van der Waals surface area contributed by atoms with Crippen LogP contribution in [0.3, 0.4) is 0 Å². The van der Waals surface area contributed by atoms with Crippen LogP contribution >= 0.6 is 11.3 Å². The molecule has 6 nitrogen and oxygen atoms in total. The quantitative estimate of drug-likeness (QED) is 0.317. The number of rotatable bonds is 10. The van der Waals surface area contributed by atoms with Gasteiger partial charge in [-0.15, -0.1) is 11.3 Å². The molecule has 1 unspecified atom stereocenters. The maximum Gasteiger partial charge on any atom is 0.387 e. The van der Waals surface area contributed by atoms with Gasteiger partial charge in [-0.25, -0.2) is 4.98 Å². The molecule has 3 N–H and O–H groups in total. The summed E-state index contributed by atoms with van der Waals surface area (Å²) in [5.74, 6) is 0.675. The molecule has 0 saturated heterocycles. The molecular formula is C19H26F2N4O2S. The predicted molar refractivity (Wildman–Crippen MR) is 107 cm³/mol. The Kier molecular flexibility index (Phi) is 9.09. The Morgan fingerprint density at radius 3 is 2.64 bits per heavy atom. The standard InChI is InChI=1S/C19H26F2N4O2S/c1-3-22-19(23-10-4-5-17-25-13(2)12-28-17)24-11-16(26)14-6-8-15(9-7-14)27-18(20)21/h6-9,12,16,18,26H,3-5,10-11H2,1-2H3,(H2,22,23,24). The first kappa shape index (κ1) is 22.0. The number of aryl methyl sites for hydroxylation is 2. The number of nitrogens with zero attached hydrogens (tertiary/aromatic N) is 2. The maximum atomic E-state index is 12.2. The van der Waals surface area contributed by atoms with Gasteiger partial charge in [-0.05, 0) is 38.0 Å². The minimum atomic E-state index is -2.87. The van der Waals surface area contributed by atoms with Crippen LogP contribution in [-0.4, -0.2) is 42.3 Å². The van der Waals surface area contributed by atoms with Gasteiger partial charge in [0.15, 0.2) is 5.96 Å². The van der Waals surface area contributed by atoms with Crippen molar-refractivity contribution in [2.75, 3.05) is 19.6 Å². The highest BCUT2D eigenvalue weighted by atomic mass is 32.1. The SMILES string of the molecule is CCNC(=NCC(O)c1ccc(OC(F)F)cc1)NCCCc1nc(C)cs1. The first-order valence-electron chi connectivity index (χ1n) is 9.14. The van der Waals surface area contributed by atoms with Gasteiger partial charge in [0.25, 0.3) is 0 Å². The van der Waals surface area contributed by atoms with Gasteiger partial charge >= 0.3 is 6.61 Å². The van der Waals surface area contributed by atoms with Crippen molar-refractivity contribution in [3.05, 3.63) is 45.9 Å². The number of nitrogens with one attached hydrogen (secondary N) is 2. The number of ether oxygens (including phenoxy) is 1. The largest absolute Gasteiger partial charge is 0.435 e. The monoisotopic (exact) mass is 412 g/mol. The minimum Gasteiger partial charge on any atom is -0.435 e. The van der Waals surface area contributed by atoms with Crippen molar-refractivity contribution in [3.8, 4) is 5.75 Å². The second kappa shape index (κ2) is 11.6. The van der Waals surface area contributed by atoms with E-state index in [-0.39, 0.29) is 12.3 Å². The summed E-state index contributed by atoms with van der Waals surface area (Å²) >= 11 is 1.67. The zero-order chi connectivity index (χ0) is 20.4. The summed E-state index contributed by atoms with van der Waals surface area (Å²) in [5.41, 5.74) is 1.63. The van der Waals surface area contributed by atoms with Crippen LogP contribution in [0.4, 0.5) is 8.78 Å². The molecule has 154 valence electrons. The molecule has 1 aromatic heterocycles. The van der Waals surface area contributed by atoms with Gasteiger partial charge in [-0.2, -0.15) is 8.78 Å². The molecule has 0 amide bonds. The van der Waals surface area contributed by atoms with Crippen molar-refractivity contribution in [2.24, 2.45) is 4.99 Å². The Balaban J connectivity index is 1.81. The Bertz CT molecular complexity index is 738. The molecular weight excluding hydrogens is 386 g/mol. The van der Waals surface area contributed by atoms with Gasteiger partial charge in [0.1, 0.15) is 5.75 Å². The Labute approximate surface area is 167 Å². The molecule has 2 aromatic rings. The van der Waals surface area contributed by atoms with Gasteiger partial charge in [0, 0.05) is 30.6 Å². The number of guanidine groups is 1. The van der Waals surface area contributed by atoms with Gasteiger partial charge in [-0.1, -0.05) is 12.1 Å².